The number of nitrogens with zero attached hydrogens (tertiary/aromatic N) is 1. The van der Waals surface area contributed by atoms with Gasteiger partial charge in [0, 0.05) is 20.6 Å². The van der Waals surface area contributed by atoms with Crippen molar-refractivity contribution in [1.82, 2.24) is 4.90 Å². The average molecular weight is 481 g/mol. The number of amides is 1. The Kier molecular flexibility index (Phi) is 6.04. The van der Waals surface area contributed by atoms with Crippen molar-refractivity contribution >= 4 is 75.1 Å². The molecule has 0 N–H and O–H groups in total. The minimum absolute atomic E-state index is 0.121. The molecule has 8 heteroatoms. The summed E-state index contributed by atoms with van der Waals surface area (Å²) in [6.07, 6.45) is 1.77. The van der Waals surface area contributed by atoms with Gasteiger partial charge in [0.2, 0.25) is 0 Å². The number of rotatable bonds is 4. The second-order valence-corrected chi connectivity index (χ2v) is 8.94. The topological polar surface area (TPSA) is 33.5 Å². The van der Waals surface area contributed by atoms with E-state index in [-0.39, 0.29) is 5.24 Å². The molecule has 0 spiro atoms. The molecule has 0 radical (unpaired) electrons. The molecular formula is C21H12Cl3NO2S2. The van der Waals surface area contributed by atoms with Crippen molar-refractivity contribution in [3.8, 4) is 11.3 Å². The molecule has 2 aromatic carbocycles. The molecule has 1 aliphatic heterocycles. The van der Waals surface area contributed by atoms with E-state index in [2.05, 4.69) is 0 Å². The highest BCUT2D eigenvalue weighted by atomic mass is 35.5. The molecule has 2 heterocycles. The van der Waals surface area contributed by atoms with E-state index in [1.54, 1.807) is 41.3 Å². The zero-order valence-corrected chi connectivity index (χ0v) is 18.6. The number of furan rings is 1. The van der Waals surface area contributed by atoms with Crippen LogP contribution in [0.3, 0.4) is 0 Å². The quantitative estimate of drug-likeness (QED) is 0.280. The van der Waals surface area contributed by atoms with Gasteiger partial charge in [-0.3, -0.25) is 9.69 Å². The molecule has 3 aromatic rings. The van der Waals surface area contributed by atoms with E-state index in [0.29, 0.717) is 43.0 Å². The first-order chi connectivity index (χ1) is 13.9. The van der Waals surface area contributed by atoms with Gasteiger partial charge in [-0.1, -0.05) is 59.2 Å². The van der Waals surface area contributed by atoms with Crippen LogP contribution in [0, 0.1) is 0 Å². The zero-order chi connectivity index (χ0) is 20.5. The van der Waals surface area contributed by atoms with E-state index >= 15 is 0 Å². The summed E-state index contributed by atoms with van der Waals surface area (Å²) in [6.45, 7) is 0.392. The largest absolute Gasteiger partial charge is 0.457 e. The number of hydrogen-bond acceptors (Lipinski definition) is 4. The molecule has 0 atom stereocenters. The third-order valence-corrected chi connectivity index (χ3v) is 6.36. The van der Waals surface area contributed by atoms with Crippen LogP contribution in [0.25, 0.3) is 17.4 Å². The highest BCUT2D eigenvalue weighted by molar-refractivity contribution is 8.19. The fraction of sp³-hybridized carbons (Fsp3) is 0.0476. The molecule has 0 unspecified atom stereocenters. The van der Waals surface area contributed by atoms with E-state index in [4.69, 9.17) is 51.4 Å². The van der Waals surface area contributed by atoms with E-state index in [1.807, 2.05) is 24.3 Å². The highest BCUT2D eigenvalue weighted by Gasteiger charge is 2.32. The van der Waals surface area contributed by atoms with Crippen LogP contribution in [0.4, 0.5) is 4.79 Å². The standard InChI is InChI=1S/C21H12Cl3NO2S2/c22-14-3-1-12(2-4-14)11-25-20(28)19(29-21(25)26)10-17-5-6-18(27-17)13-7-15(23)9-16(24)8-13/h1-10H,11H2. The Morgan fingerprint density at radius 2 is 1.66 bits per heavy atom. The van der Waals surface area contributed by atoms with Crippen LogP contribution in [0.15, 0.2) is 63.9 Å². The van der Waals surface area contributed by atoms with Gasteiger partial charge >= 0.3 is 0 Å². The molecule has 1 aromatic heterocycles. The van der Waals surface area contributed by atoms with Crippen LogP contribution in [0.2, 0.25) is 15.1 Å². The molecule has 0 aliphatic carbocycles. The lowest BCUT2D eigenvalue weighted by molar-refractivity contribution is 0.244. The molecule has 3 nitrogen and oxygen atoms in total. The predicted molar refractivity (Wildman–Crippen MR) is 125 cm³/mol. The predicted octanol–water partition coefficient (Wildman–Crippen LogP) is 7.94. The lowest BCUT2D eigenvalue weighted by atomic mass is 10.2. The lowest BCUT2D eigenvalue weighted by Crippen LogP contribution is -2.26. The van der Waals surface area contributed by atoms with Crippen molar-refractivity contribution in [3.63, 3.8) is 0 Å². The number of halogens is 3. The van der Waals surface area contributed by atoms with Gasteiger partial charge in [-0.05, 0) is 65.9 Å². The number of carbonyl (C=O) groups is 1. The van der Waals surface area contributed by atoms with Crippen molar-refractivity contribution in [3.05, 3.63) is 85.9 Å². The first-order valence-electron chi connectivity index (χ1n) is 8.45. The van der Waals surface area contributed by atoms with E-state index < -0.39 is 0 Å². The molecule has 146 valence electrons. The van der Waals surface area contributed by atoms with Crippen molar-refractivity contribution in [2.24, 2.45) is 0 Å². The summed E-state index contributed by atoms with van der Waals surface area (Å²) in [5, 5.41) is 1.58. The van der Waals surface area contributed by atoms with Crippen LogP contribution < -0.4 is 0 Å². The van der Waals surface area contributed by atoms with E-state index in [0.717, 1.165) is 22.9 Å². The minimum Gasteiger partial charge on any atom is -0.457 e. The Morgan fingerprint density at radius 3 is 2.34 bits per heavy atom. The highest BCUT2D eigenvalue weighted by Crippen LogP contribution is 2.36. The van der Waals surface area contributed by atoms with Crippen LogP contribution in [0.1, 0.15) is 11.3 Å². The number of hydrogen-bond donors (Lipinski definition) is 0. The van der Waals surface area contributed by atoms with E-state index in [9.17, 15) is 4.79 Å². The molecule has 0 saturated carbocycles. The van der Waals surface area contributed by atoms with Gasteiger partial charge in [-0.25, -0.2) is 0 Å². The van der Waals surface area contributed by atoms with Crippen LogP contribution in [0.5, 0.6) is 0 Å². The number of thioether (sulfide) groups is 1. The zero-order valence-electron chi connectivity index (χ0n) is 14.7. The second kappa shape index (κ2) is 8.54. The van der Waals surface area contributed by atoms with Crippen molar-refractivity contribution in [2.45, 2.75) is 6.54 Å². The second-order valence-electron chi connectivity index (χ2n) is 6.25. The summed E-state index contributed by atoms with van der Waals surface area (Å²) in [6, 6.07) is 16.2. The minimum atomic E-state index is -0.121. The summed E-state index contributed by atoms with van der Waals surface area (Å²) in [7, 11) is 0. The summed E-state index contributed by atoms with van der Waals surface area (Å²) < 4.78 is 5.88. The Bertz CT molecular complexity index is 1120. The number of thiocarbonyl (C=S) groups is 1. The summed E-state index contributed by atoms with van der Waals surface area (Å²) in [5.74, 6) is 1.21. The summed E-state index contributed by atoms with van der Waals surface area (Å²) in [5.41, 5.74) is 1.72. The van der Waals surface area contributed by atoms with E-state index in [1.165, 1.54) is 0 Å². The van der Waals surface area contributed by atoms with Crippen LogP contribution >= 0.6 is 58.8 Å². The normalized spacial score (nSPS) is 15.6. The van der Waals surface area contributed by atoms with Gasteiger partial charge in [-0.2, -0.15) is 0 Å². The van der Waals surface area contributed by atoms with Crippen LogP contribution in [-0.4, -0.2) is 15.1 Å². The maximum atomic E-state index is 12.4. The lowest BCUT2D eigenvalue weighted by Gasteiger charge is -2.14. The van der Waals surface area contributed by atoms with Crippen molar-refractivity contribution < 1.29 is 9.21 Å². The van der Waals surface area contributed by atoms with Gasteiger partial charge in [0.15, 0.2) is 0 Å². The molecule has 1 fully saturated rings. The van der Waals surface area contributed by atoms with Crippen molar-refractivity contribution in [1.29, 1.82) is 0 Å². The molecule has 1 amide bonds. The molecule has 4 rings (SSSR count). The molecule has 29 heavy (non-hydrogen) atoms. The fourth-order valence-corrected chi connectivity index (χ4v) is 4.69. The monoisotopic (exact) mass is 479 g/mol. The molecule has 0 bridgehead atoms. The Labute approximate surface area is 192 Å². The first kappa shape index (κ1) is 20.5. The Morgan fingerprint density at radius 1 is 0.966 bits per heavy atom. The SMILES string of the molecule is O=C1SC(=Cc2ccc(-c3cc(Cl)cc(Cl)c3)o2)C(=S)N1Cc1ccc(Cl)cc1. The number of carbonyl (C=O) groups excluding carboxylic acids is 1. The first-order valence-corrected chi connectivity index (χ1v) is 10.8. The van der Waals surface area contributed by atoms with Gasteiger partial charge in [0.1, 0.15) is 16.5 Å². The van der Waals surface area contributed by atoms with Crippen LogP contribution in [-0.2, 0) is 6.54 Å². The summed E-state index contributed by atoms with van der Waals surface area (Å²) >= 11 is 24.6. The third kappa shape index (κ3) is 4.71. The third-order valence-electron chi connectivity index (χ3n) is 4.17. The van der Waals surface area contributed by atoms with Crippen molar-refractivity contribution in [2.75, 3.05) is 0 Å². The fourth-order valence-electron chi connectivity index (χ4n) is 2.82. The maximum absolute atomic E-state index is 12.4. The smallest absolute Gasteiger partial charge is 0.291 e. The molecule has 1 aliphatic rings. The van der Waals surface area contributed by atoms with Gasteiger partial charge in [0.25, 0.3) is 5.24 Å². The van der Waals surface area contributed by atoms with Gasteiger partial charge in [-0.15, -0.1) is 0 Å². The Hall–Kier alpha value is -1.76. The average Bonchev–Trinajstić information content (AvgIpc) is 3.23. The summed E-state index contributed by atoms with van der Waals surface area (Å²) in [4.78, 5) is 15.1. The van der Waals surface area contributed by atoms with Gasteiger partial charge in [0.05, 0.1) is 11.4 Å². The maximum Gasteiger partial charge on any atom is 0.291 e. The number of benzene rings is 2. The van der Waals surface area contributed by atoms with Gasteiger partial charge < -0.3 is 4.42 Å². The Balaban J connectivity index is 1.54. The molecular weight excluding hydrogens is 469 g/mol. The molecule has 1 saturated heterocycles.